The highest BCUT2D eigenvalue weighted by atomic mass is 79.9. The smallest absolute Gasteiger partial charge is 0.107 e. The van der Waals surface area contributed by atoms with Gasteiger partial charge in [-0.15, -0.1) is 22.7 Å². The van der Waals surface area contributed by atoms with Gasteiger partial charge in [-0.1, -0.05) is 11.6 Å². The van der Waals surface area contributed by atoms with Crippen LogP contribution in [0.1, 0.15) is 21.6 Å². The topological polar surface area (TPSA) is 42.2 Å². The molecule has 0 saturated carbocycles. The van der Waals surface area contributed by atoms with Crippen LogP contribution in [0.4, 0.5) is 0 Å². The first-order valence-corrected chi connectivity index (χ1v) is 8.64. The molecule has 2 heterocycles. The molecule has 3 nitrogen and oxygen atoms in total. The number of rotatable bonds is 5. The zero-order valence-electron chi connectivity index (χ0n) is 10.7. The van der Waals surface area contributed by atoms with Crippen LogP contribution in [0.5, 0.6) is 0 Å². The Morgan fingerprint density at radius 1 is 1.58 bits per heavy atom. The quantitative estimate of drug-likeness (QED) is 0.850. The normalized spacial score (nSPS) is 13.2. The van der Waals surface area contributed by atoms with Crippen LogP contribution >= 0.6 is 50.2 Å². The van der Waals surface area contributed by atoms with Gasteiger partial charge in [-0.05, 0) is 36.0 Å². The Bertz CT molecular complexity index is 535. The van der Waals surface area contributed by atoms with Crippen LogP contribution in [0.3, 0.4) is 0 Å². The van der Waals surface area contributed by atoms with Crippen molar-refractivity contribution in [2.24, 2.45) is 5.73 Å². The van der Waals surface area contributed by atoms with Crippen molar-refractivity contribution >= 4 is 50.2 Å². The third kappa shape index (κ3) is 3.77. The second kappa shape index (κ2) is 6.65. The number of hydrogen-bond acceptors (Lipinski definition) is 5. The molecule has 2 N–H and O–H groups in total. The van der Waals surface area contributed by atoms with Crippen LogP contribution < -0.4 is 5.73 Å². The maximum atomic E-state index is 6.10. The molecule has 104 valence electrons. The summed E-state index contributed by atoms with van der Waals surface area (Å²) in [7, 11) is 2.06. The van der Waals surface area contributed by atoms with Gasteiger partial charge >= 0.3 is 0 Å². The number of aryl methyl sites for hydroxylation is 1. The zero-order valence-corrected chi connectivity index (χ0v) is 14.7. The van der Waals surface area contributed by atoms with Crippen LogP contribution in [0.15, 0.2) is 15.9 Å². The van der Waals surface area contributed by atoms with E-state index in [1.165, 1.54) is 4.88 Å². The minimum absolute atomic E-state index is 0.163. The first-order chi connectivity index (χ1) is 9.01. The summed E-state index contributed by atoms with van der Waals surface area (Å²) in [5.74, 6) is 0. The summed E-state index contributed by atoms with van der Waals surface area (Å²) < 4.78 is 1.71. The first-order valence-electron chi connectivity index (χ1n) is 5.77. The Kier molecular flexibility index (Phi) is 5.39. The van der Waals surface area contributed by atoms with Crippen molar-refractivity contribution in [2.75, 3.05) is 13.6 Å². The fourth-order valence-electron chi connectivity index (χ4n) is 1.89. The Morgan fingerprint density at radius 3 is 2.79 bits per heavy atom. The zero-order chi connectivity index (χ0) is 14.0. The van der Waals surface area contributed by atoms with Gasteiger partial charge in [0, 0.05) is 27.8 Å². The highest BCUT2D eigenvalue weighted by molar-refractivity contribution is 9.10. The van der Waals surface area contributed by atoms with E-state index in [0.29, 0.717) is 6.54 Å². The van der Waals surface area contributed by atoms with Crippen molar-refractivity contribution in [1.82, 2.24) is 9.88 Å². The summed E-state index contributed by atoms with van der Waals surface area (Å²) in [4.78, 5) is 7.87. The first kappa shape index (κ1) is 15.4. The SMILES string of the molecule is Cc1nc(CN(C)C(CN)c2cc(Br)c(Cl)s2)cs1. The highest BCUT2D eigenvalue weighted by Gasteiger charge is 2.20. The molecule has 0 aliphatic rings. The van der Waals surface area contributed by atoms with E-state index >= 15 is 0 Å². The number of hydrogen-bond donors (Lipinski definition) is 1. The molecule has 0 spiro atoms. The lowest BCUT2D eigenvalue weighted by molar-refractivity contribution is 0.242. The maximum Gasteiger partial charge on any atom is 0.107 e. The van der Waals surface area contributed by atoms with Crippen LogP contribution in [0, 0.1) is 6.92 Å². The van der Waals surface area contributed by atoms with Crippen molar-refractivity contribution < 1.29 is 0 Å². The van der Waals surface area contributed by atoms with Crippen molar-refractivity contribution in [1.29, 1.82) is 0 Å². The van der Waals surface area contributed by atoms with Crippen molar-refractivity contribution in [3.8, 4) is 0 Å². The molecular weight excluding hydrogens is 366 g/mol. The molecular formula is C12H15BrClN3S2. The molecule has 2 aromatic rings. The van der Waals surface area contributed by atoms with E-state index in [1.807, 2.05) is 13.0 Å². The predicted octanol–water partition coefficient (Wildman–Crippen LogP) is 4.06. The highest BCUT2D eigenvalue weighted by Crippen LogP contribution is 2.36. The molecule has 19 heavy (non-hydrogen) atoms. The summed E-state index contributed by atoms with van der Waals surface area (Å²) >= 11 is 12.8. The number of thiazole rings is 1. The Labute approximate surface area is 134 Å². The van der Waals surface area contributed by atoms with E-state index in [4.69, 9.17) is 17.3 Å². The number of aromatic nitrogens is 1. The summed E-state index contributed by atoms with van der Waals surface area (Å²) in [6.07, 6.45) is 0. The molecule has 1 atom stereocenters. The van der Waals surface area contributed by atoms with E-state index < -0.39 is 0 Å². The Hall–Kier alpha value is 0.0200. The number of thiophene rings is 1. The van der Waals surface area contributed by atoms with Crippen molar-refractivity contribution in [3.63, 3.8) is 0 Å². The second-order valence-electron chi connectivity index (χ2n) is 4.29. The van der Waals surface area contributed by atoms with Gasteiger partial charge in [-0.25, -0.2) is 4.98 Å². The van der Waals surface area contributed by atoms with E-state index in [1.54, 1.807) is 22.7 Å². The molecule has 2 aromatic heterocycles. The van der Waals surface area contributed by atoms with Gasteiger partial charge in [-0.2, -0.15) is 0 Å². The molecule has 7 heteroatoms. The lowest BCUT2D eigenvalue weighted by atomic mass is 10.2. The van der Waals surface area contributed by atoms with Crippen molar-refractivity contribution in [3.05, 3.63) is 35.8 Å². The lowest BCUT2D eigenvalue weighted by Crippen LogP contribution is -2.29. The van der Waals surface area contributed by atoms with E-state index in [9.17, 15) is 0 Å². The third-order valence-electron chi connectivity index (χ3n) is 2.83. The molecule has 0 fully saturated rings. The van der Waals surface area contributed by atoms with Gasteiger partial charge in [-0.3, -0.25) is 4.90 Å². The number of nitrogens with zero attached hydrogens (tertiary/aromatic N) is 2. The summed E-state index contributed by atoms with van der Waals surface area (Å²) in [6.45, 7) is 3.37. The Morgan fingerprint density at radius 2 is 2.32 bits per heavy atom. The van der Waals surface area contributed by atoms with Gasteiger partial charge in [0.25, 0.3) is 0 Å². The van der Waals surface area contributed by atoms with Crippen LogP contribution in [-0.2, 0) is 6.54 Å². The molecule has 2 rings (SSSR count). The number of likely N-dealkylation sites (N-methyl/N-ethyl adjacent to an activating group) is 1. The molecule has 0 radical (unpaired) electrons. The summed E-state index contributed by atoms with van der Waals surface area (Å²) in [5, 5.41) is 3.19. The van der Waals surface area contributed by atoms with Gasteiger partial charge in [0.2, 0.25) is 0 Å². The minimum Gasteiger partial charge on any atom is -0.329 e. The Balaban J connectivity index is 2.12. The molecule has 0 amide bonds. The van der Waals surface area contributed by atoms with E-state index in [-0.39, 0.29) is 6.04 Å². The van der Waals surface area contributed by atoms with Gasteiger partial charge < -0.3 is 5.73 Å². The second-order valence-corrected chi connectivity index (χ2v) is 7.90. The molecule has 0 bridgehead atoms. The van der Waals surface area contributed by atoms with E-state index in [0.717, 1.165) is 26.1 Å². The average molecular weight is 381 g/mol. The molecule has 0 aromatic carbocycles. The minimum atomic E-state index is 0.163. The average Bonchev–Trinajstić information content (AvgIpc) is 2.88. The van der Waals surface area contributed by atoms with Gasteiger partial charge in [0.1, 0.15) is 4.34 Å². The molecule has 0 aliphatic carbocycles. The lowest BCUT2D eigenvalue weighted by Gasteiger charge is -2.25. The van der Waals surface area contributed by atoms with Gasteiger partial charge in [0.05, 0.1) is 16.7 Å². The van der Waals surface area contributed by atoms with E-state index in [2.05, 4.69) is 38.2 Å². The fraction of sp³-hybridized carbons (Fsp3) is 0.417. The van der Waals surface area contributed by atoms with Gasteiger partial charge in [0.15, 0.2) is 0 Å². The van der Waals surface area contributed by atoms with Crippen molar-refractivity contribution in [2.45, 2.75) is 19.5 Å². The monoisotopic (exact) mass is 379 g/mol. The van der Waals surface area contributed by atoms with Crippen LogP contribution in [-0.4, -0.2) is 23.5 Å². The molecule has 0 saturated heterocycles. The largest absolute Gasteiger partial charge is 0.329 e. The summed E-state index contributed by atoms with van der Waals surface area (Å²) in [5.41, 5.74) is 7.00. The maximum absolute atomic E-state index is 6.10. The predicted molar refractivity (Wildman–Crippen MR) is 87.1 cm³/mol. The molecule has 1 unspecified atom stereocenters. The third-order valence-corrected chi connectivity index (χ3v) is 6.22. The fourth-order valence-corrected chi connectivity index (χ4v) is 4.41. The number of nitrogens with two attached hydrogens (primary N) is 1. The number of halogens is 2. The summed E-state index contributed by atoms with van der Waals surface area (Å²) in [6, 6.07) is 2.21. The van der Waals surface area contributed by atoms with Crippen LogP contribution in [0.2, 0.25) is 4.34 Å². The standard InChI is InChI=1S/C12H15BrClN3S2/c1-7-16-8(6-18-7)5-17(2)10(4-15)11-3-9(13)12(14)19-11/h3,6,10H,4-5,15H2,1-2H3. The van der Waals surface area contributed by atoms with Crippen LogP contribution in [0.25, 0.3) is 0 Å². The molecule has 0 aliphatic heterocycles.